The number of aliphatic hydroxyl groups excluding tert-OH is 1. The van der Waals surface area contributed by atoms with Crippen LogP contribution in [0, 0.1) is 0 Å². The van der Waals surface area contributed by atoms with Crippen LogP contribution in [0.2, 0.25) is 0 Å². The van der Waals surface area contributed by atoms with Gasteiger partial charge in [-0.05, 0) is 55.6 Å². The SMILES string of the molecule is O=C(c1ccc(-c2ccccc2)cc1)N1C[C@@H](O)CC1CN1CCCCC1. The summed E-state index contributed by atoms with van der Waals surface area (Å²) in [5, 5.41) is 10.2. The Bertz CT molecular complexity index is 754. The number of rotatable bonds is 4. The molecule has 1 unspecified atom stereocenters. The average Bonchev–Trinajstić information content (AvgIpc) is 3.09. The van der Waals surface area contributed by atoms with Crippen LogP contribution in [0.1, 0.15) is 36.0 Å². The summed E-state index contributed by atoms with van der Waals surface area (Å²) in [7, 11) is 0. The highest BCUT2D eigenvalue weighted by molar-refractivity contribution is 5.95. The van der Waals surface area contributed by atoms with Gasteiger partial charge in [0.1, 0.15) is 0 Å². The van der Waals surface area contributed by atoms with E-state index in [1.807, 2.05) is 47.4 Å². The van der Waals surface area contributed by atoms with E-state index in [-0.39, 0.29) is 11.9 Å². The van der Waals surface area contributed by atoms with Crippen molar-refractivity contribution in [1.29, 1.82) is 0 Å². The van der Waals surface area contributed by atoms with E-state index in [9.17, 15) is 9.90 Å². The van der Waals surface area contributed by atoms with Gasteiger partial charge < -0.3 is 14.9 Å². The number of aliphatic hydroxyl groups is 1. The van der Waals surface area contributed by atoms with Gasteiger partial charge in [0.15, 0.2) is 0 Å². The lowest BCUT2D eigenvalue weighted by molar-refractivity contribution is 0.0676. The normalized spacial score (nSPS) is 23.5. The summed E-state index contributed by atoms with van der Waals surface area (Å²) in [5.41, 5.74) is 2.96. The van der Waals surface area contributed by atoms with Crippen LogP contribution >= 0.6 is 0 Å². The summed E-state index contributed by atoms with van der Waals surface area (Å²) in [5.74, 6) is 0.0353. The topological polar surface area (TPSA) is 43.8 Å². The first-order valence-electron chi connectivity index (χ1n) is 10.1. The Kier molecular flexibility index (Phi) is 5.55. The molecule has 27 heavy (non-hydrogen) atoms. The molecule has 142 valence electrons. The summed E-state index contributed by atoms with van der Waals surface area (Å²) in [4.78, 5) is 17.4. The Balaban J connectivity index is 1.47. The molecule has 0 radical (unpaired) electrons. The number of hydrogen-bond acceptors (Lipinski definition) is 3. The summed E-state index contributed by atoms with van der Waals surface area (Å²) < 4.78 is 0. The van der Waals surface area contributed by atoms with E-state index >= 15 is 0 Å². The first-order chi connectivity index (χ1) is 13.2. The molecule has 0 bridgehead atoms. The van der Waals surface area contributed by atoms with E-state index in [0.717, 1.165) is 30.8 Å². The summed E-state index contributed by atoms with van der Waals surface area (Å²) in [6, 6.07) is 18.1. The molecule has 0 spiro atoms. The van der Waals surface area contributed by atoms with E-state index in [4.69, 9.17) is 0 Å². The molecule has 4 nitrogen and oxygen atoms in total. The number of carbonyl (C=O) groups excluding carboxylic acids is 1. The van der Waals surface area contributed by atoms with Crippen LogP contribution in [0.25, 0.3) is 11.1 Å². The molecule has 2 saturated heterocycles. The van der Waals surface area contributed by atoms with Crippen LogP contribution in [0.15, 0.2) is 54.6 Å². The average molecular weight is 364 g/mol. The lowest BCUT2D eigenvalue weighted by atomic mass is 10.0. The number of benzene rings is 2. The van der Waals surface area contributed by atoms with Crippen LogP contribution in [-0.4, -0.2) is 59.1 Å². The number of likely N-dealkylation sites (tertiary alicyclic amines) is 2. The maximum atomic E-state index is 13.1. The third kappa shape index (κ3) is 4.23. The quantitative estimate of drug-likeness (QED) is 0.904. The zero-order valence-electron chi connectivity index (χ0n) is 15.8. The van der Waals surface area contributed by atoms with Crippen LogP contribution < -0.4 is 0 Å². The van der Waals surface area contributed by atoms with E-state index in [1.165, 1.54) is 19.3 Å². The predicted molar refractivity (Wildman–Crippen MR) is 108 cm³/mol. The lowest BCUT2D eigenvalue weighted by Crippen LogP contribution is -2.44. The molecule has 2 atom stereocenters. The van der Waals surface area contributed by atoms with Gasteiger partial charge in [-0.2, -0.15) is 0 Å². The highest BCUT2D eigenvalue weighted by atomic mass is 16.3. The van der Waals surface area contributed by atoms with Crippen LogP contribution in [0.3, 0.4) is 0 Å². The zero-order valence-corrected chi connectivity index (χ0v) is 15.8. The van der Waals surface area contributed by atoms with Crippen molar-refractivity contribution in [3.05, 3.63) is 60.2 Å². The summed E-state index contributed by atoms with van der Waals surface area (Å²) in [6.45, 7) is 3.55. The molecule has 2 aliphatic heterocycles. The van der Waals surface area contributed by atoms with Gasteiger partial charge in [0, 0.05) is 24.7 Å². The number of piperidine rings is 1. The van der Waals surface area contributed by atoms with Gasteiger partial charge in [-0.3, -0.25) is 4.79 Å². The Morgan fingerprint density at radius 1 is 0.926 bits per heavy atom. The second kappa shape index (κ2) is 8.24. The van der Waals surface area contributed by atoms with Crippen LogP contribution in [-0.2, 0) is 0 Å². The van der Waals surface area contributed by atoms with E-state index in [1.54, 1.807) is 0 Å². The molecule has 0 aromatic heterocycles. The molecule has 1 amide bonds. The Morgan fingerprint density at radius 3 is 2.30 bits per heavy atom. The molecule has 2 aliphatic rings. The minimum atomic E-state index is -0.410. The van der Waals surface area contributed by atoms with Gasteiger partial charge in [-0.1, -0.05) is 48.9 Å². The smallest absolute Gasteiger partial charge is 0.254 e. The van der Waals surface area contributed by atoms with Crippen molar-refractivity contribution in [3.63, 3.8) is 0 Å². The van der Waals surface area contributed by atoms with Crippen LogP contribution in [0.4, 0.5) is 0 Å². The first-order valence-corrected chi connectivity index (χ1v) is 10.1. The van der Waals surface area contributed by atoms with E-state index in [2.05, 4.69) is 17.0 Å². The lowest BCUT2D eigenvalue weighted by Gasteiger charge is -2.32. The highest BCUT2D eigenvalue weighted by Crippen LogP contribution is 2.25. The third-order valence-corrected chi connectivity index (χ3v) is 5.81. The van der Waals surface area contributed by atoms with Gasteiger partial charge in [0.25, 0.3) is 5.91 Å². The Hall–Kier alpha value is -2.17. The van der Waals surface area contributed by atoms with Crippen molar-refractivity contribution < 1.29 is 9.90 Å². The molecule has 0 saturated carbocycles. The standard InChI is InChI=1S/C23H28N2O2/c26-22-15-21(16-24-13-5-2-6-14-24)25(17-22)23(27)20-11-9-19(10-12-20)18-7-3-1-4-8-18/h1,3-4,7-12,21-22,26H,2,5-6,13-17H2/t21?,22-/m0/s1. The molecule has 4 heteroatoms. The van der Waals surface area contributed by atoms with Gasteiger partial charge in [0.2, 0.25) is 0 Å². The van der Waals surface area contributed by atoms with Gasteiger partial charge in [-0.15, -0.1) is 0 Å². The number of amides is 1. The largest absolute Gasteiger partial charge is 0.391 e. The highest BCUT2D eigenvalue weighted by Gasteiger charge is 2.35. The zero-order chi connectivity index (χ0) is 18.6. The minimum Gasteiger partial charge on any atom is -0.391 e. The van der Waals surface area contributed by atoms with Crippen LogP contribution in [0.5, 0.6) is 0 Å². The second-order valence-electron chi connectivity index (χ2n) is 7.81. The summed E-state index contributed by atoms with van der Waals surface area (Å²) in [6.07, 6.45) is 4.06. The Morgan fingerprint density at radius 2 is 1.59 bits per heavy atom. The van der Waals surface area contributed by atoms with Crippen molar-refractivity contribution in [2.24, 2.45) is 0 Å². The maximum Gasteiger partial charge on any atom is 0.254 e. The molecule has 2 aromatic carbocycles. The number of carbonyl (C=O) groups is 1. The van der Waals surface area contributed by atoms with Gasteiger partial charge in [0.05, 0.1) is 6.10 Å². The molecule has 2 aromatic rings. The second-order valence-corrected chi connectivity index (χ2v) is 7.81. The maximum absolute atomic E-state index is 13.1. The van der Waals surface area contributed by atoms with Crippen molar-refractivity contribution in [2.45, 2.75) is 37.8 Å². The van der Waals surface area contributed by atoms with E-state index < -0.39 is 6.10 Å². The third-order valence-electron chi connectivity index (χ3n) is 5.81. The fourth-order valence-corrected chi connectivity index (χ4v) is 4.36. The van der Waals surface area contributed by atoms with Crippen molar-refractivity contribution in [1.82, 2.24) is 9.80 Å². The number of hydrogen-bond donors (Lipinski definition) is 1. The van der Waals surface area contributed by atoms with E-state index in [0.29, 0.717) is 18.5 Å². The fraction of sp³-hybridized carbons (Fsp3) is 0.435. The molecule has 0 aliphatic carbocycles. The number of nitrogens with zero attached hydrogens (tertiary/aromatic N) is 2. The first kappa shape index (κ1) is 18.2. The fourth-order valence-electron chi connectivity index (χ4n) is 4.36. The monoisotopic (exact) mass is 364 g/mol. The van der Waals surface area contributed by atoms with Gasteiger partial charge in [-0.25, -0.2) is 0 Å². The van der Waals surface area contributed by atoms with Crippen molar-refractivity contribution >= 4 is 5.91 Å². The predicted octanol–water partition coefficient (Wildman–Crippen LogP) is 3.41. The molecule has 2 heterocycles. The molecular formula is C23H28N2O2. The Labute approximate surface area is 161 Å². The summed E-state index contributed by atoms with van der Waals surface area (Å²) >= 11 is 0. The molecule has 1 N–H and O–H groups in total. The van der Waals surface area contributed by atoms with Crippen molar-refractivity contribution in [2.75, 3.05) is 26.2 Å². The van der Waals surface area contributed by atoms with Gasteiger partial charge >= 0.3 is 0 Å². The molecular weight excluding hydrogens is 336 g/mol. The molecule has 4 rings (SSSR count). The molecule has 2 fully saturated rings. The van der Waals surface area contributed by atoms with Crippen molar-refractivity contribution in [3.8, 4) is 11.1 Å². The minimum absolute atomic E-state index is 0.0353. The number of β-amino-alcohol motifs (C(OH)–C–C–N with tert-alkyl or cyclic N) is 1.